The summed E-state index contributed by atoms with van der Waals surface area (Å²) in [4.78, 5) is 1.89. The van der Waals surface area contributed by atoms with Crippen LogP contribution in [0.5, 0.6) is 0 Å². The number of nitrogens with two attached hydrogens (primary N) is 1. The molecule has 0 spiro atoms. The molecule has 0 aliphatic heterocycles. The number of rotatable bonds is 6. The fourth-order valence-electron chi connectivity index (χ4n) is 1.44. The molecule has 0 aliphatic rings. The Balaban J connectivity index is 2.66. The molecule has 1 aromatic rings. The second-order valence-corrected chi connectivity index (χ2v) is 6.25. The van der Waals surface area contributed by atoms with E-state index >= 15 is 0 Å². The molecule has 0 amide bonds. The third kappa shape index (κ3) is 4.77. The number of nitrogens with zero attached hydrogens (tertiary/aromatic N) is 1. The quantitative estimate of drug-likeness (QED) is 0.826. The maximum atomic E-state index is 13.7. The van der Waals surface area contributed by atoms with Crippen LogP contribution in [0.3, 0.4) is 0 Å². The van der Waals surface area contributed by atoms with Crippen LogP contribution in [0.25, 0.3) is 0 Å². The van der Waals surface area contributed by atoms with Gasteiger partial charge in [0.05, 0.1) is 10.6 Å². The maximum absolute atomic E-state index is 13.7. The van der Waals surface area contributed by atoms with Crippen molar-refractivity contribution >= 4 is 15.7 Å². The molecule has 19 heavy (non-hydrogen) atoms. The van der Waals surface area contributed by atoms with E-state index in [1.54, 1.807) is 0 Å². The third-order valence-corrected chi connectivity index (χ3v) is 3.84. The lowest BCUT2D eigenvalue weighted by atomic mass is 10.3. The first-order valence-electron chi connectivity index (χ1n) is 5.98. The highest BCUT2D eigenvalue weighted by Crippen LogP contribution is 2.17. The number of sulfonamides is 1. The van der Waals surface area contributed by atoms with Crippen molar-refractivity contribution in [2.75, 3.05) is 25.5 Å². The van der Waals surface area contributed by atoms with Gasteiger partial charge < -0.3 is 10.2 Å². The predicted octanol–water partition coefficient (Wildman–Crippen LogP) is 1.23. The van der Waals surface area contributed by atoms with E-state index in [-0.39, 0.29) is 10.6 Å². The number of benzene rings is 1. The zero-order chi connectivity index (χ0) is 14.6. The largest absolute Gasteiger partial charge is 0.381 e. The minimum absolute atomic E-state index is 0.227. The van der Waals surface area contributed by atoms with Crippen molar-refractivity contribution in [3.63, 3.8) is 0 Å². The predicted molar refractivity (Wildman–Crippen MR) is 74.0 cm³/mol. The lowest BCUT2D eigenvalue weighted by Gasteiger charge is -2.21. The van der Waals surface area contributed by atoms with E-state index in [2.05, 4.69) is 24.1 Å². The number of hydrogen-bond donors (Lipinski definition) is 2. The Morgan fingerprint density at radius 3 is 2.53 bits per heavy atom. The van der Waals surface area contributed by atoms with Crippen molar-refractivity contribution in [3.8, 4) is 0 Å². The van der Waals surface area contributed by atoms with E-state index in [1.165, 1.54) is 12.1 Å². The van der Waals surface area contributed by atoms with Gasteiger partial charge in [-0.3, -0.25) is 0 Å². The van der Waals surface area contributed by atoms with Crippen molar-refractivity contribution in [1.82, 2.24) is 4.90 Å². The van der Waals surface area contributed by atoms with E-state index in [4.69, 9.17) is 5.14 Å². The van der Waals surface area contributed by atoms with E-state index < -0.39 is 15.8 Å². The van der Waals surface area contributed by atoms with Crippen molar-refractivity contribution < 1.29 is 12.8 Å². The van der Waals surface area contributed by atoms with Crippen LogP contribution in [0.1, 0.15) is 13.8 Å². The minimum Gasteiger partial charge on any atom is -0.381 e. The van der Waals surface area contributed by atoms with E-state index in [0.717, 1.165) is 12.6 Å². The lowest BCUT2D eigenvalue weighted by Crippen LogP contribution is -2.31. The van der Waals surface area contributed by atoms with Crippen LogP contribution in [0.15, 0.2) is 23.1 Å². The van der Waals surface area contributed by atoms with Crippen molar-refractivity contribution in [1.29, 1.82) is 0 Å². The molecule has 108 valence electrons. The smallest absolute Gasteiger partial charge is 0.238 e. The van der Waals surface area contributed by atoms with Gasteiger partial charge in [0, 0.05) is 19.1 Å². The van der Waals surface area contributed by atoms with Gasteiger partial charge in [-0.1, -0.05) is 0 Å². The molecule has 0 heterocycles. The molecule has 0 aromatic heterocycles. The van der Waals surface area contributed by atoms with Crippen molar-refractivity contribution in [2.45, 2.75) is 24.8 Å². The Kier molecular flexibility index (Phi) is 5.28. The highest BCUT2D eigenvalue weighted by molar-refractivity contribution is 7.89. The molecule has 0 unspecified atom stereocenters. The Bertz CT molecular complexity index is 532. The topological polar surface area (TPSA) is 75.4 Å². The number of primary sulfonamides is 1. The number of likely N-dealkylation sites (N-methyl/N-ethyl adjacent to an activating group) is 1. The summed E-state index contributed by atoms with van der Waals surface area (Å²) in [6.07, 6.45) is 0. The molecule has 7 heteroatoms. The number of nitrogens with one attached hydrogen (secondary N) is 1. The van der Waals surface area contributed by atoms with Crippen molar-refractivity contribution in [3.05, 3.63) is 24.0 Å². The standard InChI is InChI=1S/C12H20FN3O2S/c1-9(2)16(3)7-6-15-12-5-4-10(8-11(12)13)19(14,17)18/h4-5,8-9,15H,6-7H2,1-3H3,(H2,14,17,18). The second-order valence-electron chi connectivity index (χ2n) is 4.69. The van der Waals surface area contributed by atoms with E-state index in [0.29, 0.717) is 12.6 Å². The first kappa shape index (κ1) is 15.9. The summed E-state index contributed by atoms with van der Waals surface area (Å²) in [6.45, 7) is 5.47. The third-order valence-electron chi connectivity index (χ3n) is 2.93. The zero-order valence-corrected chi connectivity index (χ0v) is 12.2. The average molecular weight is 289 g/mol. The van der Waals surface area contributed by atoms with E-state index in [1.807, 2.05) is 7.05 Å². The SMILES string of the molecule is CC(C)N(C)CCNc1ccc(S(N)(=O)=O)cc1F. The molecule has 0 saturated heterocycles. The molecule has 0 atom stereocenters. The summed E-state index contributed by atoms with van der Waals surface area (Å²) in [5.41, 5.74) is 0.268. The van der Waals surface area contributed by atoms with Gasteiger partial charge in [0.1, 0.15) is 5.82 Å². The number of hydrogen-bond acceptors (Lipinski definition) is 4. The fourth-order valence-corrected chi connectivity index (χ4v) is 1.97. The number of anilines is 1. The molecule has 0 radical (unpaired) electrons. The van der Waals surface area contributed by atoms with Gasteiger partial charge in [0.25, 0.3) is 0 Å². The van der Waals surface area contributed by atoms with Gasteiger partial charge in [-0.2, -0.15) is 0 Å². The van der Waals surface area contributed by atoms with Crippen LogP contribution in [-0.4, -0.2) is 39.5 Å². The molecule has 0 saturated carbocycles. The Labute approximate surface area is 113 Å². The van der Waals surface area contributed by atoms with Crippen molar-refractivity contribution in [2.24, 2.45) is 5.14 Å². The molecule has 0 fully saturated rings. The molecule has 3 N–H and O–H groups in total. The number of halogens is 1. The van der Waals surface area contributed by atoms with Crippen LogP contribution in [0.2, 0.25) is 0 Å². The molecule has 1 rings (SSSR count). The van der Waals surface area contributed by atoms with Gasteiger partial charge in [-0.05, 0) is 39.1 Å². The molecular weight excluding hydrogens is 269 g/mol. The van der Waals surface area contributed by atoms with Crippen LogP contribution in [0.4, 0.5) is 10.1 Å². The molecule has 1 aromatic carbocycles. The van der Waals surface area contributed by atoms with Gasteiger partial charge in [-0.15, -0.1) is 0 Å². The summed E-state index contributed by atoms with van der Waals surface area (Å²) < 4.78 is 35.8. The van der Waals surface area contributed by atoms with Gasteiger partial charge >= 0.3 is 0 Å². The highest BCUT2D eigenvalue weighted by Gasteiger charge is 2.11. The van der Waals surface area contributed by atoms with Crippen LogP contribution in [0, 0.1) is 5.82 Å². The first-order valence-corrected chi connectivity index (χ1v) is 7.53. The Morgan fingerprint density at radius 2 is 2.05 bits per heavy atom. The summed E-state index contributed by atoms with van der Waals surface area (Å²) in [7, 11) is -1.88. The summed E-state index contributed by atoms with van der Waals surface area (Å²) in [5, 5.41) is 7.85. The Hall–Kier alpha value is -1.18. The fraction of sp³-hybridized carbons (Fsp3) is 0.500. The summed E-state index contributed by atoms with van der Waals surface area (Å²) >= 11 is 0. The molecular formula is C12H20FN3O2S. The normalized spacial score (nSPS) is 12.2. The van der Waals surface area contributed by atoms with Crippen LogP contribution >= 0.6 is 0 Å². The highest BCUT2D eigenvalue weighted by atomic mass is 32.2. The van der Waals surface area contributed by atoms with Gasteiger partial charge in [-0.25, -0.2) is 17.9 Å². The lowest BCUT2D eigenvalue weighted by molar-refractivity contribution is 0.284. The molecule has 0 bridgehead atoms. The zero-order valence-electron chi connectivity index (χ0n) is 11.4. The monoisotopic (exact) mass is 289 g/mol. The van der Waals surface area contributed by atoms with E-state index in [9.17, 15) is 12.8 Å². The maximum Gasteiger partial charge on any atom is 0.238 e. The second kappa shape index (κ2) is 6.31. The average Bonchev–Trinajstić information content (AvgIpc) is 2.29. The van der Waals surface area contributed by atoms with Gasteiger partial charge in [0.15, 0.2) is 0 Å². The van der Waals surface area contributed by atoms with Crippen LogP contribution in [-0.2, 0) is 10.0 Å². The molecule has 0 aliphatic carbocycles. The first-order chi connectivity index (χ1) is 8.71. The Morgan fingerprint density at radius 1 is 1.42 bits per heavy atom. The molecule has 5 nitrogen and oxygen atoms in total. The summed E-state index contributed by atoms with van der Waals surface area (Å²) in [6, 6.07) is 4.00. The van der Waals surface area contributed by atoms with Gasteiger partial charge in [0.2, 0.25) is 10.0 Å². The minimum atomic E-state index is -3.86. The van der Waals surface area contributed by atoms with Crippen LogP contribution < -0.4 is 10.5 Å². The summed E-state index contributed by atoms with van der Waals surface area (Å²) in [5.74, 6) is -0.626.